The summed E-state index contributed by atoms with van der Waals surface area (Å²) in [6.45, 7) is 6.59. The van der Waals surface area contributed by atoms with Crippen LogP contribution in [0.3, 0.4) is 0 Å². The average molecular weight is 443 g/mol. The van der Waals surface area contributed by atoms with Gasteiger partial charge < -0.3 is 9.84 Å². The van der Waals surface area contributed by atoms with Crippen LogP contribution >= 0.6 is 0 Å². The summed E-state index contributed by atoms with van der Waals surface area (Å²) < 4.78 is 5.71. The lowest BCUT2D eigenvalue weighted by Gasteiger charge is -2.26. The molecule has 0 spiro atoms. The number of Topliss-reactive ketones (excluding diaryl/α,β-unsaturated/α-hetero) is 1. The van der Waals surface area contributed by atoms with E-state index in [2.05, 4.69) is 18.8 Å². The Morgan fingerprint density at radius 2 is 1.70 bits per heavy atom. The zero-order chi connectivity index (χ0) is 23.5. The number of aliphatic hydroxyl groups is 1. The number of para-hydroxylation sites is 1. The first-order valence-electron chi connectivity index (χ1n) is 10.9. The molecule has 1 N–H and O–H groups in total. The van der Waals surface area contributed by atoms with E-state index < -0.39 is 17.7 Å². The molecule has 1 aliphatic rings. The third-order valence-electron chi connectivity index (χ3n) is 5.55. The fraction of sp³-hybridized carbons (Fsp3) is 0.222. The zero-order valence-corrected chi connectivity index (χ0v) is 18.9. The van der Waals surface area contributed by atoms with Gasteiger partial charge in [-0.2, -0.15) is 0 Å². The molecule has 33 heavy (non-hydrogen) atoms. The molecule has 1 atom stereocenters. The highest BCUT2D eigenvalue weighted by atomic mass is 16.5. The molecule has 4 rings (SSSR count). The number of aromatic nitrogens is 1. The number of carbonyl (C=O) groups is 2. The summed E-state index contributed by atoms with van der Waals surface area (Å²) in [6, 6.07) is 17.0. The van der Waals surface area contributed by atoms with E-state index in [1.54, 1.807) is 54.9 Å². The van der Waals surface area contributed by atoms with Crippen molar-refractivity contribution in [3.63, 3.8) is 0 Å². The van der Waals surface area contributed by atoms with Crippen LogP contribution in [-0.2, 0) is 9.59 Å². The number of benzene rings is 2. The van der Waals surface area contributed by atoms with Crippen LogP contribution in [-0.4, -0.2) is 28.4 Å². The van der Waals surface area contributed by atoms with E-state index in [1.807, 2.05) is 25.1 Å². The molecule has 1 aromatic heterocycles. The van der Waals surface area contributed by atoms with Gasteiger partial charge in [0.05, 0.1) is 18.2 Å². The number of carbonyl (C=O) groups excluding carboxylic acids is 2. The van der Waals surface area contributed by atoms with Gasteiger partial charge >= 0.3 is 0 Å². The highest BCUT2D eigenvalue weighted by Gasteiger charge is 2.47. The molecule has 0 bridgehead atoms. The Balaban J connectivity index is 1.82. The van der Waals surface area contributed by atoms with Crippen molar-refractivity contribution in [2.45, 2.75) is 26.8 Å². The van der Waals surface area contributed by atoms with Crippen molar-refractivity contribution in [1.29, 1.82) is 0 Å². The maximum Gasteiger partial charge on any atom is 0.300 e. The van der Waals surface area contributed by atoms with E-state index >= 15 is 0 Å². The van der Waals surface area contributed by atoms with Crippen LogP contribution in [0.2, 0.25) is 0 Å². The Labute approximate surface area is 193 Å². The van der Waals surface area contributed by atoms with Crippen molar-refractivity contribution < 1.29 is 19.4 Å². The molecule has 1 amide bonds. The minimum atomic E-state index is -0.772. The second-order valence-corrected chi connectivity index (χ2v) is 8.47. The van der Waals surface area contributed by atoms with Gasteiger partial charge in [-0.05, 0) is 66.4 Å². The van der Waals surface area contributed by atoms with E-state index in [9.17, 15) is 14.7 Å². The number of aliphatic hydroxyl groups excluding tert-OH is 1. The molecule has 6 nitrogen and oxygen atoms in total. The molecule has 168 valence electrons. The van der Waals surface area contributed by atoms with Gasteiger partial charge in [0.25, 0.3) is 11.7 Å². The topological polar surface area (TPSA) is 79.7 Å². The summed E-state index contributed by atoms with van der Waals surface area (Å²) in [5.41, 5.74) is 2.65. The normalized spacial score (nSPS) is 17.6. The standard InChI is InChI=1S/C27H26N2O4/c1-17(2)16-33-21-10-8-20(9-11-21)25(30)23-24(19-12-14-28-15-13-19)29(27(32)26(23)31)22-7-5-4-6-18(22)3/h4-15,17,24,30H,16H2,1-3H3/b25-23+. The van der Waals surface area contributed by atoms with Gasteiger partial charge in [-0.15, -0.1) is 0 Å². The summed E-state index contributed by atoms with van der Waals surface area (Å²) in [5, 5.41) is 11.2. The van der Waals surface area contributed by atoms with Crippen LogP contribution in [0.1, 0.15) is 36.6 Å². The van der Waals surface area contributed by atoms with Crippen LogP contribution in [0.4, 0.5) is 5.69 Å². The second-order valence-electron chi connectivity index (χ2n) is 8.47. The molecule has 0 radical (unpaired) electrons. The first-order chi connectivity index (χ1) is 15.9. The Hall–Kier alpha value is -3.93. The first-order valence-corrected chi connectivity index (χ1v) is 10.9. The van der Waals surface area contributed by atoms with Crippen molar-refractivity contribution in [1.82, 2.24) is 4.98 Å². The monoisotopic (exact) mass is 442 g/mol. The van der Waals surface area contributed by atoms with E-state index in [0.717, 1.165) is 5.56 Å². The number of nitrogens with zero attached hydrogens (tertiary/aromatic N) is 2. The number of amides is 1. The number of ether oxygens (including phenoxy) is 1. The quantitative estimate of drug-likeness (QED) is 0.328. The van der Waals surface area contributed by atoms with Crippen molar-refractivity contribution in [2.24, 2.45) is 5.92 Å². The summed E-state index contributed by atoms with van der Waals surface area (Å²) >= 11 is 0. The highest BCUT2D eigenvalue weighted by molar-refractivity contribution is 6.51. The van der Waals surface area contributed by atoms with Crippen LogP contribution < -0.4 is 9.64 Å². The van der Waals surface area contributed by atoms with Crippen LogP contribution in [0.5, 0.6) is 5.75 Å². The van der Waals surface area contributed by atoms with Crippen molar-refractivity contribution in [3.05, 3.63) is 95.3 Å². The van der Waals surface area contributed by atoms with Crippen molar-refractivity contribution >= 4 is 23.1 Å². The molecule has 1 saturated heterocycles. The van der Waals surface area contributed by atoms with Crippen molar-refractivity contribution in [2.75, 3.05) is 11.5 Å². The summed E-state index contributed by atoms with van der Waals surface area (Å²) in [4.78, 5) is 31.9. The lowest BCUT2D eigenvalue weighted by atomic mass is 9.95. The SMILES string of the molecule is Cc1ccccc1N1C(=O)C(=O)/C(=C(/O)c2ccc(OCC(C)C)cc2)C1c1ccncc1. The van der Waals surface area contributed by atoms with Gasteiger partial charge in [-0.1, -0.05) is 32.0 Å². The highest BCUT2D eigenvalue weighted by Crippen LogP contribution is 2.42. The van der Waals surface area contributed by atoms with Gasteiger partial charge in [0, 0.05) is 23.6 Å². The number of hydrogen-bond donors (Lipinski definition) is 1. The maximum absolute atomic E-state index is 13.2. The van der Waals surface area contributed by atoms with E-state index in [4.69, 9.17) is 4.74 Å². The minimum Gasteiger partial charge on any atom is -0.507 e. The first kappa shape index (κ1) is 22.3. The molecule has 0 aliphatic carbocycles. The van der Waals surface area contributed by atoms with Crippen LogP contribution in [0.15, 0.2) is 78.6 Å². The number of hydrogen-bond acceptors (Lipinski definition) is 5. The molecule has 0 saturated carbocycles. The minimum absolute atomic E-state index is 0.0466. The Morgan fingerprint density at radius 1 is 1.03 bits per heavy atom. The molecule has 1 fully saturated rings. The molecule has 1 aliphatic heterocycles. The molecular formula is C27H26N2O4. The Morgan fingerprint density at radius 3 is 2.33 bits per heavy atom. The third-order valence-corrected chi connectivity index (χ3v) is 5.55. The number of ketones is 1. The zero-order valence-electron chi connectivity index (χ0n) is 18.9. The molecule has 3 aromatic rings. The summed E-state index contributed by atoms with van der Waals surface area (Å²) in [5.74, 6) is -0.564. The lowest BCUT2D eigenvalue weighted by Crippen LogP contribution is -2.30. The summed E-state index contributed by atoms with van der Waals surface area (Å²) in [7, 11) is 0. The number of rotatable bonds is 6. The van der Waals surface area contributed by atoms with Crippen molar-refractivity contribution in [3.8, 4) is 5.75 Å². The lowest BCUT2D eigenvalue weighted by molar-refractivity contribution is -0.132. The van der Waals surface area contributed by atoms with E-state index in [1.165, 1.54) is 4.90 Å². The summed E-state index contributed by atoms with van der Waals surface area (Å²) in [6.07, 6.45) is 3.21. The predicted octanol–water partition coefficient (Wildman–Crippen LogP) is 5.05. The number of pyridine rings is 1. The largest absolute Gasteiger partial charge is 0.507 e. The van der Waals surface area contributed by atoms with E-state index in [-0.39, 0.29) is 11.3 Å². The second kappa shape index (κ2) is 9.28. The number of anilines is 1. The van der Waals surface area contributed by atoms with E-state index in [0.29, 0.717) is 35.1 Å². The van der Waals surface area contributed by atoms with Crippen LogP contribution in [0, 0.1) is 12.8 Å². The van der Waals surface area contributed by atoms with Gasteiger partial charge in [-0.25, -0.2) is 0 Å². The average Bonchev–Trinajstić information content (AvgIpc) is 3.09. The molecular weight excluding hydrogens is 416 g/mol. The Bertz CT molecular complexity index is 1200. The molecule has 2 aromatic carbocycles. The Kier molecular flexibility index (Phi) is 6.27. The smallest absolute Gasteiger partial charge is 0.300 e. The molecule has 1 unspecified atom stereocenters. The van der Waals surface area contributed by atoms with Gasteiger partial charge in [0.15, 0.2) is 0 Å². The third kappa shape index (κ3) is 4.37. The van der Waals surface area contributed by atoms with Gasteiger partial charge in [0.1, 0.15) is 11.5 Å². The fourth-order valence-corrected chi connectivity index (χ4v) is 3.90. The fourth-order valence-electron chi connectivity index (χ4n) is 3.90. The maximum atomic E-state index is 13.2. The predicted molar refractivity (Wildman–Crippen MR) is 127 cm³/mol. The molecule has 2 heterocycles. The van der Waals surface area contributed by atoms with Crippen LogP contribution in [0.25, 0.3) is 5.76 Å². The van der Waals surface area contributed by atoms with Gasteiger partial charge in [0.2, 0.25) is 0 Å². The number of aryl methyl sites for hydroxylation is 1. The van der Waals surface area contributed by atoms with Gasteiger partial charge in [-0.3, -0.25) is 19.5 Å². The molecule has 6 heteroatoms.